The van der Waals surface area contributed by atoms with Gasteiger partial charge in [0.15, 0.2) is 15.6 Å². The Labute approximate surface area is 178 Å². The highest BCUT2D eigenvalue weighted by Gasteiger charge is 2.14. The number of hydrogen-bond donors (Lipinski definition) is 1. The molecule has 1 aromatic rings. The van der Waals surface area contributed by atoms with E-state index >= 15 is 0 Å². The quantitative estimate of drug-likeness (QED) is 0.229. The molecule has 0 aliphatic rings. The summed E-state index contributed by atoms with van der Waals surface area (Å²) in [4.78, 5) is 11.8. The third kappa shape index (κ3) is 11.5. The van der Waals surface area contributed by atoms with Gasteiger partial charge in [0, 0.05) is 5.56 Å². The van der Waals surface area contributed by atoms with Crippen LogP contribution in [0.2, 0.25) is 0 Å². The molecule has 0 heterocycles. The molecule has 0 aromatic heterocycles. The van der Waals surface area contributed by atoms with Crippen LogP contribution in [0.25, 0.3) is 0 Å². The van der Waals surface area contributed by atoms with Crippen LogP contribution in [0.4, 0.5) is 0 Å². The Balaban J connectivity index is 2.06. The minimum atomic E-state index is -3.27. The Morgan fingerprint density at radius 1 is 0.724 bits per heavy atom. The average molecular weight is 424 g/mol. The number of hydrogen-bond acceptors (Lipinski definition) is 4. The molecule has 1 aromatic carbocycles. The van der Waals surface area contributed by atoms with E-state index in [-0.39, 0.29) is 18.1 Å². The highest BCUT2D eigenvalue weighted by molar-refractivity contribution is 7.91. The molecule has 1 rings (SSSR count). The minimum Gasteiger partial charge on any atom is -0.324 e. The molecule has 0 saturated heterocycles. The fourth-order valence-electron chi connectivity index (χ4n) is 3.57. The summed E-state index contributed by atoms with van der Waals surface area (Å²) in [6.45, 7) is 2.19. The van der Waals surface area contributed by atoms with Crippen molar-refractivity contribution in [2.75, 3.05) is 12.3 Å². The molecule has 0 fully saturated rings. The highest BCUT2D eigenvalue weighted by atomic mass is 32.2. The molecule has 0 aliphatic carbocycles. The van der Waals surface area contributed by atoms with Gasteiger partial charge in [0.05, 0.1) is 17.2 Å². The highest BCUT2D eigenvalue weighted by Crippen LogP contribution is 2.16. The lowest BCUT2D eigenvalue weighted by Gasteiger charge is -2.06. The van der Waals surface area contributed by atoms with Crippen molar-refractivity contribution in [1.29, 1.82) is 0 Å². The average Bonchev–Trinajstić information content (AvgIpc) is 2.73. The number of unbranched alkanes of at least 4 members (excludes halogenated alkanes) is 13. The standard InChI is InChI=1S/C24H41NO3S/c1-2-3-4-5-6-7-8-9-10-11-12-13-14-15-20-29(27,28)23-18-16-22(17-19-23)24(26)21-25/h16-19H,2-15,20-21,25H2,1H3. The van der Waals surface area contributed by atoms with Crippen molar-refractivity contribution >= 4 is 15.6 Å². The van der Waals surface area contributed by atoms with Crippen molar-refractivity contribution in [3.63, 3.8) is 0 Å². The van der Waals surface area contributed by atoms with Crippen LogP contribution in [0.5, 0.6) is 0 Å². The van der Waals surface area contributed by atoms with Gasteiger partial charge in [0.2, 0.25) is 0 Å². The van der Waals surface area contributed by atoms with Crippen molar-refractivity contribution in [2.45, 2.75) is 102 Å². The van der Waals surface area contributed by atoms with Gasteiger partial charge in [-0.25, -0.2) is 8.42 Å². The predicted octanol–water partition coefficient (Wildman–Crippen LogP) is 6.08. The molecule has 4 nitrogen and oxygen atoms in total. The number of rotatable bonds is 18. The van der Waals surface area contributed by atoms with E-state index in [1.165, 1.54) is 82.8 Å². The summed E-state index contributed by atoms with van der Waals surface area (Å²) < 4.78 is 24.8. The second-order valence-electron chi connectivity index (χ2n) is 8.07. The number of sulfone groups is 1. The van der Waals surface area contributed by atoms with E-state index in [9.17, 15) is 13.2 Å². The summed E-state index contributed by atoms with van der Waals surface area (Å²) in [6, 6.07) is 6.13. The molecule has 0 radical (unpaired) electrons. The maximum atomic E-state index is 12.4. The Kier molecular flexibility index (Phi) is 13.9. The van der Waals surface area contributed by atoms with Crippen LogP contribution in [0, 0.1) is 0 Å². The molecule has 2 N–H and O–H groups in total. The van der Waals surface area contributed by atoms with Crippen LogP contribution in [-0.2, 0) is 9.84 Å². The van der Waals surface area contributed by atoms with Gasteiger partial charge >= 0.3 is 0 Å². The van der Waals surface area contributed by atoms with E-state index in [4.69, 9.17) is 5.73 Å². The van der Waals surface area contributed by atoms with E-state index in [0.29, 0.717) is 16.9 Å². The third-order valence-electron chi connectivity index (χ3n) is 5.49. The lowest BCUT2D eigenvalue weighted by molar-refractivity contribution is 0.100. The van der Waals surface area contributed by atoms with Crippen molar-refractivity contribution in [1.82, 2.24) is 0 Å². The first kappa shape index (κ1) is 25.8. The topological polar surface area (TPSA) is 77.2 Å². The molecule has 29 heavy (non-hydrogen) atoms. The lowest BCUT2D eigenvalue weighted by Crippen LogP contribution is -2.14. The van der Waals surface area contributed by atoms with Crippen LogP contribution < -0.4 is 5.73 Å². The smallest absolute Gasteiger partial charge is 0.178 e. The second kappa shape index (κ2) is 15.6. The zero-order valence-electron chi connectivity index (χ0n) is 18.3. The summed E-state index contributed by atoms with van der Waals surface area (Å²) in [7, 11) is -3.27. The second-order valence-corrected chi connectivity index (χ2v) is 10.2. The fraction of sp³-hybridized carbons (Fsp3) is 0.708. The molecular formula is C24H41NO3S. The Hall–Kier alpha value is -1.20. The number of nitrogens with two attached hydrogens (primary N) is 1. The lowest BCUT2D eigenvalue weighted by atomic mass is 10.0. The van der Waals surface area contributed by atoms with Gasteiger partial charge in [-0.15, -0.1) is 0 Å². The van der Waals surface area contributed by atoms with E-state index < -0.39 is 9.84 Å². The number of benzene rings is 1. The molecule has 0 saturated carbocycles. The molecule has 0 unspecified atom stereocenters. The summed E-state index contributed by atoms with van der Waals surface area (Å²) >= 11 is 0. The van der Waals surface area contributed by atoms with Gasteiger partial charge in [-0.3, -0.25) is 4.79 Å². The summed E-state index contributed by atoms with van der Waals surface area (Å²) in [6.07, 6.45) is 17.5. The summed E-state index contributed by atoms with van der Waals surface area (Å²) in [5.74, 6) is -0.00390. The van der Waals surface area contributed by atoms with Gasteiger partial charge in [-0.1, -0.05) is 103 Å². The van der Waals surface area contributed by atoms with Crippen LogP contribution in [0.3, 0.4) is 0 Å². The van der Waals surface area contributed by atoms with Gasteiger partial charge < -0.3 is 5.73 Å². The molecular weight excluding hydrogens is 382 g/mol. The SMILES string of the molecule is CCCCCCCCCCCCCCCCS(=O)(=O)c1ccc(C(=O)CN)cc1. The fourth-order valence-corrected chi connectivity index (χ4v) is 4.94. The zero-order chi connectivity index (χ0) is 21.4. The maximum Gasteiger partial charge on any atom is 0.178 e. The first-order valence-corrected chi connectivity index (χ1v) is 13.2. The van der Waals surface area contributed by atoms with Crippen molar-refractivity contribution < 1.29 is 13.2 Å². The van der Waals surface area contributed by atoms with E-state index in [0.717, 1.165) is 12.8 Å². The van der Waals surface area contributed by atoms with Crippen LogP contribution in [-0.4, -0.2) is 26.5 Å². The predicted molar refractivity (Wildman–Crippen MR) is 122 cm³/mol. The number of ketones is 1. The normalized spacial score (nSPS) is 11.7. The molecule has 0 aliphatic heterocycles. The van der Waals surface area contributed by atoms with E-state index in [2.05, 4.69) is 6.92 Å². The zero-order valence-corrected chi connectivity index (χ0v) is 19.1. The molecule has 166 valence electrons. The first-order valence-electron chi connectivity index (χ1n) is 11.6. The van der Waals surface area contributed by atoms with E-state index in [1.807, 2.05) is 0 Å². The number of Topliss-reactive ketones (excluding diaryl/α,β-unsaturated/α-hetero) is 1. The summed E-state index contributed by atoms with van der Waals surface area (Å²) in [5.41, 5.74) is 5.79. The Morgan fingerprint density at radius 3 is 1.55 bits per heavy atom. The van der Waals surface area contributed by atoms with Crippen molar-refractivity contribution in [2.24, 2.45) is 5.73 Å². The first-order chi connectivity index (χ1) is 14.0. The maximum absolute atomic E-state index is 12.4. The Morgan fingerprint density at radius 2 is 1.14 bits per heavy atom. The van der Waals surface area contributed by atoms with Gasteiger partial charge in [0.1, 0.15) is 0 Å². The van der Waals surface area contributed by atoms with E-state index in [1.54, 1.807) is 12.1 Å². The van der Waals surface area contributed by atoms with Crippen molar-refractivity contribution in [3.8, 4) is 0 Å². The third-order valence-corrected chi connectivity index (χ3v) is 7.30. The Bertz CT molecular complexity index is 653. The number of carbonyl (C=O) groups is 1. The minimum absolute atomic E-state index is 0.0643. The molecule has 0 amide bonds. The number of carbonyl (C=O) groups excluding carboxylic acids is 1. The van der Waals surface area contributed by atoms with Crippen LogP contribution in [0.15, 0.2) is 29.2 Å². The van der Waals surface area contributed by atoms with Gasteiger partial charge in [0.25, 0.3) is 0 Å². The molecule has 0 spiro atoms. The largest absolute Gasteiger partial charge is 0.324 e. The van der Waals surface area contributed by atoms with Gasteiger partial charge in [-0.2, -0.15) is 0 Å². The molecule has 0 bridgehead atoms. The van der Waals surface area contributed by atoms with Crippen LogP contribution in [0.1, 0.15) is 107 Å². The summed E-state index contributed by atoms with van der Waals surface area (Å²) in [5, 5.41) is 0. The van der Waals surface area contributed by atoms with Gasteiger partial charge in [-0.05, 0) is 18.6 Å². The van der Waals surface area contributed by atoms with Crippen molar-refractivity contribution in [3.05, 3.63) is 29.8 Å². The van der Waals surface area contributed by atoms with Crippen LogP contribution >= 0.6 is 0 Å². The monoisotopic (exact) mass is 423 g/mol. The molecule has 5 heteroatoms. The molecule has 0 atom stereocenters.